The molecule has 0 N–H and O–H groups in total. The molecule has 3 rings (SSSR count). The quantitative estimate of drug-likeness (QED) is 0.802. The molecule has 0 atom stereocenters. The molecule has 2 aromatic heterocycles. The first-order valence-electron chi connectivity index (χ1n) is 6.34. The van der Waals surface area contributed by atoms with E-state index < -0.39 is 0 Å². The lowest BCUT2D eigenvalue weighted by molar-refractivity contribution is 0.276. The van der Waals surface area contributed by atoms with Gasteiger partial charge in [-0.15, -0.1) is 11.6 Å². The van der Waals surface area contributed by atoms with E-state index in [1.165, 1.54) is 19.3 Å². The minimum atomic E-state index is 0.585. The third-order valence-corrected chi connectivity index (χ3v) is 4.01. The van der Waals surface area contributed by atoms with Crippen LogP contribution in [0.5, 0.6) is 0 Å². The number of aromatic nitrogens is 3. The van der Waals surface area contributed by atoms with Crippen LogP contribution in [0.25, 0.3) is 11.2 Å². The van der Waals surface area contributed by atoms with Gasteiger partial charge in [-0.3, -0.25) is 0 Å². The van der Waals surface area contributed by atoms with E-state index in [0.717, 1.165) is 35.9 Å². The lowest BCUT2D eigenvalue weighted by Crippen LogP contribution is -2.19. The molecule has 1 aliphatic carbocycles. The van der Waals surface area contributed by atoms with Crippen molar-refractivity contribution < 1.29 is 0 Å². The summed E-state index contributed by atoms with van der Waals surface area (Å²) < 4.78 is 2.22. The number of hydrogen-bond donors (Lipinski definition) is 0. The van der Waals surface area contributed by atoms with Crippen LogP contribution < -0.4 is 0 Å². The van der Waals surface area contributed by atoms with Crippen LogP contribution in [0.2, 0.25) is 5.02 Å². The average Bonchev–Trinajstić information content (AvgIpc) is 2.61. The molecule has 0 aliphatic heterocycles. The molecular weight excluding hydrogens is 269 g/mol. The van der Waals surface area contributed by atoms with Crippen LogP contribution in [0.15, 0.2) is 12.3 Å². The summed E-state index contributed by atoms with van der Waals surface area (Å²) >= 11 is 11.8. The van der Waals surface area contributed by atoms with Crippen LogP contribution in [-0.4, -0.2) is 20.4 Å². The topological polar surface area (TPSA) is 30.7 Å². The van der Waals surface area contributed by atoms with Gasteiger partial charge in [0, 0.05) is 25.0 Å². The van der Waals surface area contributed by atoms with E-state index in [4.69, 9.17) is 23.2 Å². The first kappa shape index (κ1) is 12.2. The summed E-state index contributed by atoms with van der Waals surface area (Å²) in [7, 11) is 0. The van der Waals surface area contributed by atoms with Crippen LogP contribution in [0.4, 0.5) is 0 Å². The molecule has 96 valence electrons. The molecule has 3 nitrogen and oxygen atoms in total. The Hall–Kier alpha value is -0.800. The number of fused-ring (bicyclic) bond motifs is 1. The van der Waals surface area contributed by atoms with Gasteiger partial charge in [-0.25, -0.2) is 9.97 Å². The molecule has 0 bridgehead atoms. The van der Waals surface area contributed by atoms with Crippen molar-refractivity contribution >= 4 is 34.4 Å². The van der Waals surface area contributed by atoms with Gasteiger partial charge in [-0.2, -0.15) is 0 Å². The fourth-order valence-electron chi connectivity index (χ4n) is 2.43. The third kappa shape index (κ3) is 2.21. The fraction of sp³-hybridized carbons (Fsp3) is 0.538. The number of aryl methyl sites for hydroxylation is 1. The zero-order chi connectivity index (χ0) is 12.5. The SMILES string of the molecule is ClCCc1nc2cc(Cl)cnc2n1CC1CCC1. The first-order chi connectivity index (χ1) is 8.78. The van der Waals surface area contributed by atoms with Crippen molar-refractivity contribution in [3.8, 4) is 0 Å². The second-order valence-corrected chi connectivity index (χ2v) is 5.69. The number of hydrogen-bond acceptors (Lipinski definition) is 2. The van der Waals surface area contributed by atoms with Crippen molar-refractivity contribution in [3.05, 3.63) is 23.1 Å². The van der Waals surface area contributed by atoms with E-state index in [1.807, 2.05) is 6.07 Å². The average molecular weight is 284 g/mol. The summed E-state index contributed by atoms with van der Waals surface area (Å²) in [6.45, 7) is 1.01. The maximum atomic E-state index is 5.96. The second kappa shape index (κ2) is 5.06. The Labute approximate surface area is 116 Å². The minimum Gasteiger partial charge on any atom is -0.312 e. The number of nitrogens with zero attached hydrogens (tertiary/aromatic N) is 3. The van der Waals surface area contributed by atoms with E-state index in [-0.39, 0.29) is 0 Å². The Morgan fingerprint density at radius 2 is 2.22 bits per heavy atom. The van der Waals surface area contributed by atoms with Gasteiger partial charge in [0.15, 0.2) is 5.65 Å². The van der Waals surface area contributed by atoms with Crippen LogP contribution >= 0.6 is 23.2 Å². The Morgan fingerprint density at radius 3 is 2.89 bits per heavy atom. The van der Waals surface area contributed by atoms with Crippen molar-refractivity contribution in [1.29, 1.82) is 0 Å². The highest BCUT2D eigenvalue weighted by Gasteiger charge is 2.21. The highest BCUT2D eigenvalue weighted by molar-refractivity contribution is 6.31. The standard InChI is InChI=1S/C13H15Cl2N3/c14-5-4-12-17-11-6-10(15)7-16-13(11)18(12)8-9-2-1-3-9/h6-7,9H,1-5,8H2. The summed E-state index contributed by atoms with van der Waals surface area (Å²) in [4.78, 5) is 9.03. The summed E-state index contributed by atoms with van der Waals surface area (Å²) in [6, 6.07) is 1.87. The first-order valence-corrected chi connectivity index (χ1v) is 7.26. The van der Waals surface area contributed by atoms with Gasteiger partial charge in [0.25, 0.3) is 0 Å². The largest absolute Gasteiger partial charge is 0.312 e. The maximum Gasteiger partial charge on any atom is 0.160 e. The highest BCUT2D eigenvalue weighted by Crippen LogP contribution is 2.30. The van der Waals surface area contributed by atoms with E-state index in [0.29, 0.717) is 10.9 Å². The summed E-state index contributed by atoms with van der Waals surface area (Å²) in [5, 5.41) is 0.633. The number of pyridine rings is 1. The Balaban J connectivity index is 2.02. The smallest absolute Gasteiger partial charge is 0.160 e. The van der Waals surface area contributed by atoms with Crippen molar-refractivity contribution in [2.45, 2.75) is 32.2 Å². The van der Waals surface area contributed by atoms with E-state index in [2.05, 4.69) is 14.5 Å². The summed E-state index contributed by atoms with van der Waals surface area (Å²) in [5.74, 6) is 2.39. The van der Waals surface area contributed by atoms with Gasteiger partial charge in [0.1, 0.15) is 11.3 Å². The Bertz CT molecular complexity index is 561. The van der Waals surface area contributed by atoms with E-state index in [9.17, 15) is 0 Å². The normalized spacial score (nSPS) is 16.1. The molecule has 0 aromatic carbocycles. The van der Waals surface area contributed by atoms with Gasteiger partial charge in [-0.1, -0.05) is 18.0 Å². The van der Waals surface area contributed by atoms with Crippen molar-refractivity contribution in [3.63, 3.8) is 0 Å². The fourth-order valence-corrected chi connectivity index (χ4v) is 2.76. The van der Waals surface area contributed by atoms with E-state index >= 15 is 0 Å². The van der Waals surface area contributed by atoms with Gasteiger partial charge in [-0.05, 0) is 24.8 Å². The lowest BCUT2D eigenvalue weighted by Gasteiger charge is -2.26. The lowest BCUT2D eigenvalue weighted by atomic mass is 9.85. The summed E-state index contributed by atoms with van der Waals surface area (Å²) in [6.07, 6.45) is 6.44. The predicted octanol–water partition coefficient (Wildman–Crippen LogP) is 3.67. The third-order valence-electron chi connectivity index (χ3n) is 3.61. The number of rotatable bonds is 4. The zero-order valence-corrected chi connectivity index (χ0v) is 11.6. The van der Waals surface area contributed by atoms with Crippen molar-refractivity contribution in [2.75, 3.05) is 5.88 Å². The zero-order valence-electron chi connectivity index (χ0n) is 10.1. The van der Waals surface area contributed by atoms with E-state index in [1.54, 1.807) is 6.20 Å². The molecule has 1 fully saturated rings. The number of imidazole rings is 1. The number of alkyl halides is 1. The van der Waals surface area contributed by atoms with Crippen LogP contribution in [0.3, 0.4) is 0 Å². The Kier molecular flexibility index (Phi) is 3.44. The van der Waals surface area contributed by atoms with Crippen LogP contribution in [0, 0.1) is 5.92 Å². The van der Waals surface area contributed by atoms with Crippen LogP contribution in [0.1, 0.15) is 25.1 Å². The van der Waals surface area contributed by atoms with Crippen molar-refractivity contribution in [1.82, 2.24) is 14.5 Å². The molecule has 1 saturated carbocycles. The van der Waals surface area contributed by atoms with Crippen molar-refractivity contribution in [2.24, 2.45) is 5.92 Å². The molecule has 1 aliphatic rings. The molecule has 2 heterocycles. The molecule has 0 unspecified atom stereocenters. The van der Waals surface area contributed by atoms with Gasteiger partial charge < -0.3 is 4.57 Å². The van der Waals surface area contributed by atoms with Crippen LogP contribution in [-0.2, 0) is 13.0 Å². The molecule has 18 heavy (non-hydrogen) atoms. The number of halogens is 2. The molecule has 5 heteroatoms. The highest BCUT2D eigenvalue weighted by atomic mass is 35.5. The molecule has 0 amide bonds. The maximum absolute atomic E-state index is 5.96. The molecule has 0 saturated heterocycles. The van der Waals surface area contributed by atoms with Gasteiger partial charge >= 0.3 is 0 Å². The second-order valence-electron chi connectivity index (χ2n) is 4.87. The Morgan fingerprint density at radius 1 is 1.39 bits per heavy atom. The molecule has 0 spiro atoms. The minimum absolute atomic E-state index is 0.585. The molecule has 0 radical (unpaired) electrons. The van der Waals surface area contributed by atoms with Gasteiger partial charge in [0.2, 0.25) is 0 Å². The predicted molar refractivity (Wildman–Crippen MR) is 74.3 cm³/mol. The monoisotopic (exact) mass is 283 g/mol. The summed E-state index contributed by atoms with van der Waals surface area (Å²) in [5.41, 5.74) is 1.81. The molecular formula is C13H15Cl2N3. The molecule has 2 aromatic rings. The van der Waals surface area contributed by atoms with Gasteiger partial charge in [0.05, 0.1) is 5.02 Å².